The van der Waals surface area contributed by atoms with Gasteiger partial charge in [0.1, 0.15) is 0 Å². The Morgan fingerprint density at radius 2 is 1.73 bits per heavy atom. The van der Waals surface area contributed by atoms with E-state index < -0.39 is 6.04 Å². The average Bonchev–Trinajstić information content (AvgIpc) is 2.57. The first kappa shape index (κ1) is 20.6. The van der Waals surface area contributed by atoms with Crippen molar-refractivity contribution in [1.29, 1.82) is 0 Å². The molecule has 0 heterocycles. The summed E-state index contributed by atoms with van der Waals surface area (Å²) in [5, 5.41) is 6.86. The van der Waals surface area contributed by atoms with E-state index in [0.717, 1.165) is 16.2 Å². The summed E-state index contributed by atoms with van der Waals surface area (Å²) in [6, 6.07) is 12.0. The Hall–Kier alpha value is -1.69. The zero-order valence-corrected chi connectivity index (χ0v) is 16.8. The van der Waals surface area contributed by atoms with Gasteiger partial charge in [-0.1, -0.05) is 42.3 Å². The number of amides is 2. The lowest BCUT2D eigenvalue weighted by molar-refractivity contribution is -0.120. The zero-order chi connectivity index (χ0) is 19.1. The van der Waals surface area contributed by atoms with E-state index in [4.69, 9.17) is 23.2 Å². The van der Waals surface area contributed by atoms with Gasteiger partial charge < -0.3 is 10.6 Å². The molecule has 0 saturated heterocycles. The molecule has 0 radical (unpaired) electrons. The zero-order valence-electron chi connectivity index (χ0n) is 14.5. The number of hydrogen-bond acceptors (Lipinski definition) is 3. The lowest BCUT2D eigenvalue weighted by Crippen LogP contribution is -2.29. The van der Waals surface area contributed by atoms with Crippen molar-refractivity contribution in [3.05, 3.63) is 58.1 Å². The highest BCUT2D eigenvalue weighted by Crippen LogP contribution is 2.30. The molecule has 0 bridgehead atoms. The van der Waals surface area contributed by atoms with Crippen molar-refractivity contribution >= 4 is 52.5 Å². The standard InChI is InChI=1S/C19H20Cl2N2O2S/c1-3-26-18-9-8-15(21)10-17(18)23-19(25)11-16(22-12(2)24)13-4-6-14(20)7-5-13/h4-10,16H,3,11H2,1-2H3,(H,22,24)(H,23,25). The predicted octanol–water partition coefficient (Wildman–Crippen LogP) is 5.31. The van der Waals surface area contributed by atoms with Crippen molar-refractivity contribution in [1.82, 2.24) is 5.32 Å². The monoisotopic (exact) mass is 410 g/mol. The van der Waals surface area contributed by atoms with Gasteiger partial charge in [0.05, 0.1) is 18.2 Å². The molecule has 0 aromatic heterocycles. The Kier molecular flexibility index (Phi) is 7.82. The molecule has 0 fully saturated rings. The van der Waals surface area contributed by atoms with Crippen LogP contribution in [0.1, 0.15) is 31.9 Å². The first-order valence-electron chi connectivity index (χ1n) is 8.13. The largest absolute Gasteiger partial charge is 0.349 e. The predicted molar refractivity (Wildman–Crippen MR) is 109 cm³/mol. The van der Waals surface area contributed by atoms with E-state index in [2.05, 4.69) is 10.6 Å². The molecule has 0 aliphatic rings. The second-order valence-electron chi connectivity index (χ2n) is 5.63. The number of halogens is 2. The lowest BCUT2D eigenvalue weighted by atomic mass is 10.0. The number of thioether (sulfide) groups is 1. The first-order valence-corrected chi connectivity index (χ1v) is 9.88. The molecule has 138 valence electrons. The normalized spacial score (nSPS) is 11.7. The van der Waals surface area contributed by atoms with Crippen LogP contribution in [0.3, 0.4) is 0 Å². The van der Waals surface area contributed by atoms with Crippen LogP contribution in [0.25, 0.3) is 0 Å². The number of rotatable bonds is 7. The third-order valence-corrected chi connectivity index (χ3v) is 5.00. The molecule has 2 amide bonds. The first-order chi connectivity index (χ1) is 12.4. The van der Waals surface area contributed by atoms with Crippen molar-refractivity contribution in [3.8, 4) is 0 Å². The van der Waals surface area contributed by atoms with Crippen LogP contribution in [0.4, 0.5) is 5.69 Å². The molecular formula is C19H20Cl2N2O2S. The van der Waals surface area contributed by atoms with Gasteiger partial charge >= 0.3 is 0 Å². The van der Waals surface area contributed by atoms with Gasteiger partial charge in [0.15, 0.2) is 0 Å². The molecule has 2 N–H and O–H groups in total. The molecule has 0 aliphatic heterocycles. The average molecular weight is 411 g/mol. The van der Waals surface area contributed by atoms with Gasteiger partial charge in [0, 0.05) is 21.9 Å². The third kappa shape index (κ3) is 6.24. The fraction of sp³-hybridized carbons (Fsp3) is 0.263. The maximum absolute atomic E-state index is 12.6. The number of carbonyl (C=O) groups is 2. The van der Waals surface area contributed by atoms with E-state index in [0.29, 0.717) is 15.7 Å². The van der Waals surface area contributed by atoms with Gasteiger partial charge in [0.25, 0.3) is 0 Å². The van der Waals surface area contributed by atoms with Gasteiger partial charge in [-0.15, -0.1) is 11.8 Å². The van der Waals surface area contributed by atoms with Crippen LogP contribution >= 0.6 is 35.0 Å². The van der Waals surface area contributed by atoms with Crippen molar-refractivity contribution < 1.29 is 9.59 Å². The third-order valence-electron chi connectivity index (χ3n) is 3.55. The minimum absolute atomic E-state index is 0.101. The number of hydrogen-bond donors (Lipinski definition) is 2. The summed E-state index contributed by atoms with van der Waals surface area (Å²) in [5.41, 5.74) is 1.49. The highest BCUT2D eigenvalue weighted by molar-refractivity contribution is 7.99. The molecule has 26 heavy (non-hydrogen) atoms. The number of benzene rings is 2. The van der Waals surface area contributed by atoms with Crippen LogP contribution in [0.5, 0.6) is 0 Å². The fourth-order valence-electron chi connectivity index (χ4n) is 2.46. The fourth-order valence-corrected chi connectivity index (χ4v) is 3.50. The smallest absolute Gasteiger partial charge is 0.226 e. The molecule has 7 heteroatoms. The molecule has 0 spiro atoms. The minimum atomic E-state index is -0.439. The van der Waals surface area contributed by atoms with Gasteiger partial charge in [0.2, 0.25) is 11.8 Å². The van der Waals surface area contributed by atoms with Crippen LogP contribution in [-0.4, -0.2) is 17.6 Å². The summed E-state index contributed by atoms with van der Waals surface area (Å²) in [5.74, 6) is 0.464. The van der Waals surface area contributed by atoms with E-state index in [-0.39, 0.29) is 18.2 Å². The molecule has 2 aromatic carbocycles. The molecule has 0 aliphatic carbocycles. The molecule has 0 saturated carbocycles. The Morgan fingerprint density at radius 3 is 2.35 bits per heavy atom. The summed E-state index contributed by atoms with van der Waals surface area (Å²) >= 11 is 13.6. The van der Waals surface area contributed by atoms with Crippen molar-refractivity contribution in [2.75, 3.05) is 11.1 Å². The quantitative estimate of drug-likeness (QED) is 0.607. The van der Waals surface area contributed by atoms with Crippen molar-refractivity contribution in [3.63, 3.8) is 0 Å². The summed E-state index contributed by atoms with van der Waals surface area (Å²) in [6.45, 7) is 3.46. The summed E-state index contributed by atoms with van der Waals surface area (Å²) in [6.07, 6.45) is 0.101. The highest BCUT2D eigenvalue weighted by atomic mass is 35.5. The molecular weight excluding hydrogens is 391 g/mol. The summed E-state index contributed by atoms with van der Waals surface area (Å²) in [7, 11) is 0. The summed E-state index contributed by atoms with van der Waals surface area (Å²) in [4.78, 5) is 25.1. The molecule has 2 rings (SSSR count). The van der Waals surface area contributed by atoms with Crippen LogP contribution in [0.15, 0.2) is 47.4 Å². The van der Waals surface area contributed by atoms with E-state index in [1.54, 1.807) is 48.2 Å². The number of carbonyl (C=O) groups excluding carboxylic acids is 2. The van der Waals surface area contributed by atoms with E-state index >= 15 is 0 Å². The second-order valence-corrected chi connectivity index (χ2v) is 7.81. The number of anilines is 1. The van der Waals surface area contributed by atoms with Crippen LogP contribution in [0, 0.1) is 0 Å². The second kappa shape index (κ2) is 9.86. The number of nitrogens with one attached hydrogen (secondary N) is 2. The van der Waals surface area contributed by atoms with Crippen molar-refractivity contribution in [2.45, 2.75) is 31.2 Å². The SMILES string of the molecule is CCSc1ccc(Cl)cc1NC(=O)CC(NC(C)=O)c1ccc(Cl)cc1. The Labute approximate surface area is 167 Å². The maximum atomic E-state index is 12.6. The molecule has 1 atom stereocenters. The minimum Gasteiger partial charge on any atom is -0.349 e. The highest BCUT2D eigenvalue weighted by Gasteiger charge is 2.18. The van der Waals surface area contributed by atoms with E-state index in [1.165, 1.54) is 6.92 Å². The van der Waals surface area contributed by atoms with E-state index in [1.807, 2.05) is 13.0 Å². The maximum Gasteiger partial charge on any atom is 0.226 e. The van der Waals surface area contributed by atoms with Crippen molar-refractivity contribution in [2.24, 2.45) is 0 Å². The van der Waals surface area contributed by atoms with Gasteiger partial charge in [-0.3, -0.25) is 9.59 Å². The Bertz CT molecular complexity index is 782. The summed E-state index contributed by atoms with van der Waals surface area (Å²) < 4.78 is 0. The van der Waals surface area contributed by atoms with Gasteiger partial charge in [-0.2, -0.15) is 0 Å². The van der Waals surface area contributed by atoms with Gasteiger partial charge in [-0.05, 0) is 41.6 Å². The van der Waals surface area contributed by atoms with Crippen LogP contribution in [-0.2, 0) is 9.59 Å². The molecule has 1 unspecified atom stereocenters. The lowest BCUT2D eigenvalue weighted by Gasteiger charge is -2.19. The van der Waals surface area contributed by atoms with Crippen LogP contribution in [0.2, 0.25) is 10.0 Å². The molecule has 2 aromatic rings. The van der Waals surface area contributed by atoms with E-state index in [9.17, 15) is 9.59 Å². The van der Waals surface area contributed by atoms with Gasteiger partial charge in [-0.25, -0.2) is 0 Å². The van der Waals surface area contributed by atoms with Crippen LogP contribution < -0.4 is 10.6 Å². The Morgan fingerprint density at radius 1 is 1.08 bits per heavy atom. The topological polar surface area (TPSA) is 58.2 Å². The molecule has 4 nitrogen and oxygen atoms in total. The Balaban J connectivity index is 2.15.